The van der Waals surface area contributed by atoms with Crippen LogP contribution in [0.25, 0.3) is 0 Å². The lowest BCUT2D eigenvalue weighted by molar-refractivity contribution is -0.144. The zero-order chi connectivity index (χ0) is 13.4. The fourth-order valence-corrected chi connectivity index (χ4v) is 2.80. The first kappa shape index (κ1) is 12.0. The van der Waals surface area contributed by atoms with Gasteiger partial charge in [0.05, 0.1) is 5.92 Å². The number of Topliss-reactive ketones (excluding diaryl/α,β-unsaturated/α-hetero) is 1. The van der Waals surface area contributed by atoms with E-state index in [4.69, 9.17) is 9.47 Å². The quantitative estimate of drug-likeness (QED) is 0.881. The summed E-state index contributed by atoms with van der Waals surface area (Å²) in [6.45, 7) is 0.185. The van der Waals surface area contributed by atoms with Crippen molar-refractivity contribution in [1.29, 1.82) is 0 Å². The molecule has 2 atom stereocenters. The van der Waals surface area contributed by atoms with Crippen LogP contribution >= 0.6 is 0 Å². The van der Waals surface area contributed by atoms with E-state index in [0.717, 1.165) is 5.56 Å². The number of carbonyl (C=O) groups excluding carboxylic acids is 1. The maximum Gasteiger partial charge on any atom is 0.307 e. The summed E-state index contributed by atoms with van der Waals surface area (Å²) < 4.78 is 10.5. The highest BCUT2D eigenvalue weighted by Gasteiger charge is 2.35. The first-order valence-electron chi connectivity index (χ1n) is 6.29. The molecule has 0 radical (unpaired) electrons. The van der Waals surface area contributed by atoms with Crippen molar-refractivity contribution in [3.05, 3.63) is 23.8 Å². The molecule has 1 saturated carbocycles. The summed E-state index contributed by atoms with van der Waals surface area (Å²) in [4.78, 5) is 22.9. The van der Waals surface area contributed by atoms with Crippen LogP contribution in [0.15, 0.2) is 18.2 Å². The average Bonchev–Trinajstić information content (AvgIpc) is 2.85. The largest absolute Gasteiger partial charge is 0.481 e. The van der Waals surface area contributed by atoms with Gasteiger partial charge in [-0.05, 0) is 24.1 Å². The van der Waals surface area contributed by atoms with E-state index in [1.807, 2.05) is 6.07 Å². The van der Waals surface area contributed by atoms with E-state index in [2.05, 4.69) is 0 Å². The van der Waals surface area contributed by atoms with Crippen molar-refractivity contribution in [3.63, 3.8) is 0 Å². The minimum Gasteiger partial charge on any atom is -0.481 e. The third kappa shape index (κ3) is 2.16. The van der Waals surface area contributed by atoms with E-state index in [1.54, 1.807) is 12.1 Å². The summed E-state index contributed by atoms with van der Waals surface area (Å²) in [7, 11) is 0. The van der Waals surface area contributed by atoms with Crippen LogP contribution in [0, 0.1) is 5.92 Å². The molecule has 1 heterocycles. The predicted molar refractivity (Wildman–Crippen MR) is 65.3 cm³/mol. The van der Waals surface area contributed by atoms with Gasteiger partial charge in [0.2, 0.25) is 6.79 Å². The Bertz CT molecular complexity index is 537. The summed E-state index contributed by atoms with van der Waals surface area (Å²) in [5.74, 6) is -0.195. The Morgan fingerprint density at radius 1 is 1.26 bits per heavy atom. The molecule has 0 amide bonds. The van der Waals surface area contributed by atoms with Gasteiger partial charge >= 0.3 is 5.97 Å². The highest BCUT2D eigenvalue weighted by Crippen LogP contribution is 2.41. The van der Waals surface area contributed by atoms with Crippen molar-refractivity contribution in [3.8, 4) is 11.5 Å². The molecule has 1 N–H and O–H groups in total. The molecule has 0 aromatic heterocycles. The van der Waals surface area contributed by atoms with Gasteiger partial charge in [-0.1, -0.05) is 6.07 Å². The number of carboxylic acids is 1. The molecule has 5 nitrogen and oxygen atoms in total. The number of fused-ring (bicyclic) bond motifs is 1. The van der Waals surface area contributed by atoms with E-state index in [-0.39, 0.29) is 24.9 Å². The number of rotatable bonds is 2. The second-order valence-corrected chi connectivity index (χ2v) is 4.95. The lowest BCUT2D eigenvalue weighted by Gasteiger charge is -2.28. The lowest BCUT2D eigenvalue weighted by atomic mass is 9.75. The molecule has 1 fully saturated rings. The second kappa shape index (κ2) is 4.57. The summed E-state index contributed by atoms with van der Waals surface area (Å²) in [6, 6.07) is 5.39. The summed E-state index contributed by atoms with van der Waals surface area (Å²) >= 11 is 0. The van der Waals surface area contributed by atoms with Crippen LogP contribution < -0.4 is 9.47 Å². The molecule has 2 aliphatic rings. The third-order valence-electron chi connectivity index (χ3n) is 3.81. The number of ether oxygens (including phenoxy) is 2. The van der Waals surface area contributed by atoms with E-state index < -0.39 is 11.9 Å². The molecular weight excluding hydrogens is 248 g/mol. The van der Waals surface area contributed by atoms with Gasteiger partial charge in [-0.25, -0.2) is 0 Å². The lowest BCUT2D eigenvalue weighted by Crippen LogP contribution is -2.29. The van der Waals surface area contributed by atoms with Crippen LogP contribution in [0.5, 0.6) is 11.5 Å². The van der Waals surface area contributed by atoms with Crippen LogP contribution in [0.2, 0.25) is 0 Å². The number of ketones is 1. The molecule has 19 heavy (non-hydrogen) atoms. The Morgan fingerprint density at radius 3 is 2.84 bits per heavy atom. The van der Waals surface area contributed by atoms with Crippen LogP contribution in [0.3, 0.4) is 0 Å². The number of carbonyl (C=O) groups is 2. The van der Waals surface area contributed by atoms with Gasteiger partial charge in [-0.2, -0.15) is 0 Å². The summed E-state index contributed by atoms with van der Waals surface area (Å²) in [5.41, 5.74) is 0.838. The van der Waals surface area contributed by atoms with E-state index in [0.29, 0.717) is 24.3 Å². The average molecular weight is 262 g/mol. The SMILES string of the molecule is O=C1CCC(C(=O)O)C(c2ccc3c(c2)OCO3)C1. The van der Waals surface area contributed by atoms with Crippen molar-refractivity contribution in [1.82, 2.24) is 0 Å². The number of benzene rings is 1. The van der Waals surface area contributed by atoms with Gasteiger partial charge in [-0.3, -0.25) is 9.59 Å². The Labute approximate surface area is 110 Å². The van der Waals surface area contributed by atoms with Gasteiger partial charge < -0.3 is 14.6 Å². The molecule has 0 bridgehead atoms. The highest BCUT2D eigenvalue weighted by molar-refractivity contribution is 5.83. The standard InChI is InChI=1S/C14H14O5/c15-9-2-3-10(14(16)17)11(6-9)8-1-4-12-13(5-8)19-7-18-12/h1,4-5,10-11H,2-3,6-7H2,(H,16,17). The van der Waals surface area contributed by atoms with Crippen molar-refractivity contribution in [2.24, 2.45) is 5.92 Å². The molecule has 0 spiro atoms. The number of hydrogen-bond donors (Lipinski definition) is 1. The first-order chi connectivity index (χ1) is 9.15. The number of carboxylic acid groups (broad SMARTS) is 1. The van der Waals surface area contributed by atoms with Crippen molar-refractivity contribution >= 4 is 11.8 Å². The number of aliphatic carboxylic acids is 1. The molecule has 1 aliphatic heterocycles. The fraction of sp³-hybridized carbons (Fsp3) is 0.429. The van der Waals surface area contributed by atoms with E-state index in [9.17, 15) is 14.7 Å². The van der Waals surface area contributed by atoms with Crippen molar-refractivity contribution in [2.75, 3.05) is 6.79 Å². The van der Waals surface area contributed by atoms with Crippen LogP contribution in [-0.2, 0) is 9.59 Å². The zero-order valence-corrected chi connectivity index (χ0v) is 10.3. The molecule has 1 aliphatic carbocycles. The Hall–Kier alpha value is -2.04. The van der Waals surface area contributed by atoms with Crippen molar-refractivity contribution in [2.45, 2.75) is 25.2 Å². The molecule has 100 valence electrons. The molecule has 1 aromatic carbocycles. The monoisotopic (exact) mass is 262 g/mol. The first-order valence-corrected chi connectivity index (χ1v) is 6.29. The molecule has 3 rings (SSSR count). The third-order valence-corrected chi connectivity index (χ3v) is 3.81. The normalized spacial score (nSPS) is 25.4. The van der Waals surface area contributed by atoms with Gasteiger partial charge in [0.15, 0.2) is 11.5 Å². The fourth-order valence-electron chi connectivity index (χ4n) is 2.80. The minimum absolute atomic E-state index is 0.125. The summed E-state index contributed by atoms with van der Waals surface area (Å²) in [5, 5.41) is 9.28. The smallest absolute Gasteiger partial charge is 0.307 e. The maximum absolute atomic E-state index is 11.6. The Kier molecular flexibility index (Phi) is 2.89. The van der Waals surface area contributed by atoms with E-state index in [1.165, 1.54) is 0 Å². The highest BCUT2D eigenvalue weighted by atomic mass is 16.7. The molecule has 5 heteroatoms. The van der Waals surface area contributed by atoms with Crippen LogP contribution in [0.1, 0.15) is 30.7 Å². The molecule has 1 aromatic rings. The molecular formula is C14H14O5. The Morgan fingerprint density at radius 2 is 2.05 bits per heavy atom. The second-order valence-electron chi connectivity index (χ2n) is 4.95. The number of hydrogen-bond acceptors (Lipinski definition) is 4. The minimum atomic E-state index is -0.838. The van der Waals surface area contributed by atoms with Gasteiger partial charge in [0, 0.05) is 18.8 Å². The van der Waals surface area contributed by atoms with Crippen LogP contribution in [0.4, 0.5) is 0 Å². The van der Waals surface area contributed by atoms with Gasteiger partial charge in [0.25, 0.3) is 0 Å². The predicted octanol–water partition coefficient (Wildman–Crippen LogP) is 1.95. The van der Waals surface area contributed by atoms with Gasteiger partial charge in [0.1, 0.15) is 5.78 Å². The van der Waals surface area contributed by atoms with E-state index >= 15 is 0 Å². The van der Waals surface area contributed by atoms with Crippen LogP contribution in [-0.4, -0.2) is 23.7 Å². The molecule has 0 saturated heterocycles. The van der Waals surface area contributed by atoms with Crippen molar-refractivity contribution < 1.29 is 24.2 Å². The Balaban J connectivity index is 1.93. The summed E-state index contributed by atoms with van der Waals surface area (Å²) in [6.07, 6.45) is 1.06. The maximum atomic E-state index is 11.6. The molecule has 2 unspecified atom stereocenters. The van der Waals surface area contributed by atoms with Gasteiger partial charge in [-0.15, -0.1) is 0 Å². The zero-order valence-electron chi connectivity index (χ0n) is 10.3. The topological polar surface area (TPSA) is 72.8 Å².